The van der Waals surface area contributed by atoms with Crippen molar-refractivity contribution in [1.29, 1.82) is 0 Å². The molecule has 4 nitrogen and oxygen atoms in total. The second kappa shape index (κ2) is 9.87. The summed E-state index contributed by atoms with van der Waals surface area (Å²) < 4.78 is 4.58. The molecule has 0 spiro atoms. The molecular formula is C43H28N4. The normalized spacial score (nSPS) is 13.3. The van der Waals surface area contributed by atoms with Crippen molar-refractivity contribution in [2.45, 2.75) is 5.41 Å². The van der Waals surface area contributed by atoms with E-state index in [0.717, 1.165) is 28.1 Å². The third-order valence-corrected chi connectivity index (χ3v) is 9.88. The highest BCUT2D eigenvalue weighted by Gasteiger charge is 2.50. The molecule has 0 radical (unpaired) electrons. The fourth-order valence-electron chi connectivity index (χ4n) is 8.10. The summed E-state index contributed by atoms with van der Waals surface area (Å²) in [5, 5.41) is 3.60. The molecule has 0 saturated heterocycles. The summed E-state index contributed by atoms with van der Waals surface area (Å²) >= 11 is 0. The van der Waals surface area contributed by atoms with Crippen molar-refractivity contribution in [3.8, 4) is 22.9 Å². The molecule has 3 aromatic heterocycles. The first-order chi connectivity index (χ1) is 23.4. The van der Waals surface area contributed by atoms with E-state index in [4.69, 9.17) is 9.97 Å². The molecule has 220 valence electrons. The maximum atomic E-state index is 5.42. The molecule has 0 atom stereocenters. The Labute approximate surface area is 271 Å². The Morgan fingerprint density at radius 1 is 0.447 bits per heavy atom. The van der Waals surface area contributed by atoms with Crippen LogP contribution in [-0.4, -0.2) is 19.1 Å². The summed E-state index contributed by atoms with van der Waals surface area (Å²) in [6, 6.07) is 58.5. The van der Waals surface area contributed by atoms with Gasteiger partial charge in [-0.1, -0.05) is 140 Å². The van der Waals surface area contributed by atoms with Crippen LogP contribution in [0.15, 0.2) is 170 Å². The highest BCUT2D eigenvalue weighted by molar-refractivity contribution is 6.09. The average Bonchev–Trinajstić information content (AvgIpc) is 3.77. The Morgan fingerprint density at radius 3 is 1.60 bits per heavy atom. The molecule has 3 heterocycles. The molecule has 1 aliphatic carbocycles. The first-order valence-corrected chi connectivity index (χ1v) is 16.0. The topological polar surface area (TPSA) is 35.6 Å². The Kier molecular flexibility index (Phi) is 5.46. The molecule has 0 fully saturated rings. The minimum Gasteiger partial charge on any atom is -0.294 e. The Bertz CT molecular complexity index is 2540. The lowest BCUT2D eigenvalue weighted by Gasteiger charge is -2.34. The van der Waals surface area contributed by atoms with Crippen LogP contribution in [0.1, 0.15) is 22.4 Å². The van der Waals surface area contributed by atoms with Gasteiger partial charge in [-0.25, -0.2) is 4.98 Å². The minimum atomic E-state index is -0.598. The quantitative estimate of drug-likeness (QED) is 0.202. The van der Waals surface area contributed by atoms with Gasteiger partial charge in [-0.2, -0.15) is 4.98 Å². The summed E-state index contributed by atoms with van der Waals surface area (Å²) in [5.41, 5.74) is 10.0. The standard InChI is InChI=1S/C43H28N4/c1-3-15-29(16-4-1)43(30-17-5-2-6-18-30)35-23-11-7-21-33(35)40-34-22-10-14-26-38(34)47(41(40)43)42-44-28-27-39(45-42)46-36-24-12-8-19-31(36)32-20-9-13-25-37(32)46/h1-28H. The van der Waals surface area contributed by atoms with E-state index in [1.54, 1.807) is 0 Å². The van der Waals surface area contributed by atoms with Crippen LogP contribution >= 0.6 is 0 Å². The van der Waals surface area contributed by atoms with Crippen molar-refractivity contribution in [1.82, 2.24) is 19.1 Å². The van der Waals surface area contributed by atoms with Gasteiger partial charge in [-0.15, -0.1) is 0 Å². The van der Waals surface area contributed by atoms with Crippen LogP contribution in [-0.2, 0) is 5.41 Å². The molecular weight excluding hydrogens is 573 g/mol. The lowest BCUT2D eigenvalue weighted by Crippen LogP contribution is -2.31. The van der Waals surface area contributed by atoms with Crippen molar-refractivity contribution >= 4 is 32.7 Å². The largest absolute Gasteiger partial charge is 0.294 e. The number of para-hydroxylation sites is 3. The molecule has 0 N–H and O–H groups in total. The van der Waals surface area contributed by atoms with E-state index >= 15 is 0 Å². The maximum Gasteiger partial charge on any atom is 0.236 e. The van der Waals surface area contributed by atoms with Crippen LogP contribution in [0, 0.1) is 0 Å². The van der Waals surface area contributed by atoms with E-state index in [1.807, 2.05) is 12.3 Å². The predicted molar refractivity (Wildman–Crippen MR) is 191 cm³/mol. The summed E-state index contributed by atoms with van der Waals surface area (Å²) in [4.78, 5) is 10.4. The van der Waals surface area contributed by atoms with Gasteiger partial charge in [-0.3, -0.25) is 9.13 Å². The summed E-state index contributed by atoms with van der Waals surface area (Å²) in [7, 11) is 0. The zero-order valence-corrected chi connectivity index (χ0v) is 25.5. The fraction of sp³-hybridized carbons (Fsp3) is 0.0233. The van der Waals surface area contributed by atoms with E-state index in [1.165, 1.54) is 44.0 Å². The maximum absolute atomic E-state index is 5.42. The zero-order valence-electron chi connectivity index (χ0n) is 25.5. The summed E-state index contributed by atoms with van der Waals surface area (Å²) in [6.07, 6.45) is 1.90. The van der Waals surface area contributed by atoms with Gasteiger partial charge in [0.05, 0.1) is 27.7 Å². The lowest BCUT2D eigenvalue weighted by atomic mass is 9.69. The number of rotatable bonds is 4. The molecule has 0 unspecified atom stereocenters. The SMILES string of the molecule is c1ccc(C2(c3ccccc3)c3ccccc3-c3c2n(-c2nccc(-n4c5ccccc5c5ccccc54)n2)c2ccccc32)cc1. The predicted octanol–water partition coefficient (Wildman–Crippen LogP) is 9.88. The number of nitrogens with zero attached hydrogens (tertiary/aromatic N) is 4. The highest BCUT2D eigenvalue weighted by atomic mass is 15.2. The van der Waals surface area contributed by atoms with Crippen molar-refractivity contribution in [2.75, 3.05) is 0 Å². The Balaban J connectivity index is 1.35. The Hall–Kier alpha value is -6.26. The van der Waals surface area contributed by atoms with Crippen molar-refractivity contribution in [3.63, 3.8) is 0 Å². The molecule has 0 aliphatic heterocycles. The van der Waals surface area contributed by atoms with E-state index in [9.17, 15) is 0 Å². The molecule has 4 heteroatoms. The van der Waals surface area contributed by atoms with Gasteiger partial charge >= 0.3 is 0 Å². The second-order valence-corrected chi connectivity index (χ2v) is 12.2. The monoisotopic (exact) mass is 600 g/mol. The van der Waals surface area contributed by atoms with Gasteiger partial charge in [0.1, 0.15) is 5.82 Å². The molecule has 0 amide bonds. The molecule has 0 saturated carbocycles. The number of fused-ring (bicyclic) bond motifs is 8. The van der Waals surface area contributed by atoms with Gasteiger partial charge in [-0.05, 0) is 46.5 Å². The van der Waals surface area contributed by atoms with E-state index in [-0.39, 0.29) is 0 Å². The van der Waals surface area contributed by atoms with Crippen molar-refractivity contribution in [3.05, 3.63) is 192 Å². The van der Waals surface area contributed by atoms with Gasteiger partial charge in [0.25, 0.3) is 0 Å². The second-order valence-electron chi connectivity index (χ2n) is 12.2. The van der Waals surface area contributed by atoms with Crippen LogP contribution in [0.4, 0.5) is 0 Å². The molecule has 6 aromatic carbocycles. The van der Waals surface area contributed by atoms with Crippen LogP contribution in [0.3, 0.4) is 0 Å². The van der Waals surface area contributed by atoms with Gasteiger partial charge < -0.3 is 0 Å². The molecule has 0 bridgehead atoms. The van der Waals surface area contributed by atoms with Gasteiger partial charge in [0.2, 0.25) is 5.95 Å². The summed E-state index contributed by atoms with van der Waals surface area (Å²) in [5.74, 6) is 1.48. The van der Waals surface area contributed by atoms with Gasteiger partial charge in [0.15, 0.2) is 0 Å². The highest BCUT2D eigenvalue weighted by Crippen LogP contribution is 2.59. The number of benzene rings is 6. The van der Waals surface area contributed by atoms with Crippen LogP contribution < -0.4 is 0 Å². The van der Waals surface area contributed by atoms with E-state index in [0.29, 0.717) is 5.95 Å². The third-order valence-electron chi connectivity index (χ3n) is 9.88. The van der Waals surface area contributed by atoms with Gasteiger partial charge in [0, 0.05) is 27.9 Å². The minimum absolute atomic E-state index is 0.598. The van der Waals surface area contributed by atoms with Crippen molar-refractivity contribution in [2.24, 2.45) is 0 Å². The lowest BCUT2D eigenvalue weighted by molar-refractivity contribution is 0.706. The van der Waals surface area contributed by atoms with E-state index < -0.39 is 5.41 Å². The van der Waals surface area contributed by atoms with Crippen LogP contribution in [0.5, 0.6) is 0 Å². The molecule has 10 rings (SSSR count). The van der Waals surface area contributed by atoms with Crippen LogP contribution in [0.25, 0.3) is 55.6 Å². The van der Waals surface area contributed by atoms with Crippen LogP contribution in [0.2, 0.25) is 0 Å². The summed E-state index contributed by atoms with van der Waals surface area (Å²) in [6.45, 7) is 0. The smallest absolute Gasteiger partial charge is 0.236 e. The first kappa shape index (κ1) is 26.0. The number of hydrogen-bond acceptors (Lipinski definition) is 2. The fourth-order valence-corrected chi connectivity index (χ4v) is 8.10. The molecule has 9 aromatic rings. The molecule has 1 aliphatic rings. The molecule has 47 heavy (non-hydrogen) atoms. The average molecular weight is 601 g/mol. The zero-order chi connectivity index (χ0) is 31.0. The number of aromatic nitrogens is 4. The first-order valence-electron chi connectivity index (χ1n) is 16.0. The number of hydrogen-bond donors (Lipinski definition) is 0. The Morgan fingerprint density at radius 2 is 0.957 bits per heavy atom. The third kappa shape index (κ3) is 3.47. The van der Waals surface area contributed by atoms with E-state index in [2.05, 4.69) is 167 Å². The van der Waals surface area contributed by atoms with Crippen molar-refractivity contribution < 1.29 is 0 Å².